The van der Waals surface area contributed by atoms with Crippen LogP contribution in [0.4, 0.5) is 0 Å². The van der Waals surface area contributed by atoms with Crippen LogP contribution in [0.1, 0.15) is 51.5 Å². The van der Waals surface area contributed by atoms with Crippen molar-refractivity contribution in [3.8, 4) is 0 Å². The topological polar surface area (TPSA) is 33.1 Å². The van der Waals surface area contributed by atoms with E-state index in [4.69, 9.17) is 0 Å². The number of pyridine rings is 1. The molecule has 2 nitrogen and oxygen atoms in total. The molecule has 1 heterocycles. The molecule has 0 bridgehead atoms. The third-order valence-corrected chi connectivity index (χ3v) is 4.43. The summed E-state index contributed by atoms with van der Waals surface area (Å²) in [7, 11) is 0. The minimum Gasteiger partial charge on any atom is -0.387 e. The lowest BCUT2D eigenvalue weighted by Gasteiger charge is -2.19. The Morgan fingerprint density at radius 3 is 2.14 bits per heavy atom. The highest BCUT2D eigenvalue weighted by atomic mass is 32.2. The number of aliphatic hydroxyl groups excluding tert-OH is 1. The second kappa shape index (κ2) is 6.63. The van der Waals surface area contributed by atoms with Crippen molar-refractivity contribution < 1.29 is 5.11 Å². The van der Waals surface area contributed by atoms with Crippen LogP contribution in [0.5, 0.6) is 0 Å². The summed E-state index contributed by atoms with van der Waals surface area (Å²) in [5, 5.41) is 9.75. The molecule has 21 heavy (non-hydrogen) atoms. The first-order valence-corrected chi connectivity index (χ1v) is 8.14. The van der Waals surface area contributed by atoms with E-state index in [0.29, 0.717) is 6.42 Å². The van der Waals surface area contributed by atoms with Crippen LogP contribution >= 0.6 is 11.8 Å². The quantitative estimate of drug-likeness (QED) is 0.865. The zero-order chi connectivity index (χ0) is 15.5. The molecule has 1 aromatic carbocycles. The zero-order valence-electron chi connectivity index (χ0n) is 13.1. The molecule has 0 unspecified atom stereocenters. The number of rotatable bonds is 4. The molecule has 0 fully saturated rings. The molecule has 0 spiro atoms. The fourth-order valence-corrected chi connectivity index (χ4v) is 2.80. The third kappa shape index (κ3) is 4.32. The molecule has 0 aliphatic heterocycles. The molecule has 2 rings (SSSR count). The fourth-order valence-electron chi connectivity index (χ4n) is 2.02. The van der Waals surface area contributed by atoms with Gasteiger partial charge in [0.1, 0.15) is 0 Å². The van der Waals surface area contributed by atoms with Crippen LogP contribution in [0.3, 0.4) is 0 Å². The van der Waals surface area contributed by atoms with Crippen molar-refractivity contribution in [3.05, 3.63) is 53.9 Å². The average Bonchev–Trinajstić information content (AvgIpc) is 2.47. The summed E-state index contributed by atoms with van der Waals surface area (Å²) in [4.78, 5) is 6.62. The summed E-state index contributed by atoms with van der Waals surface area (Å²) >= 11 is 1.69. The van der Waals surface area contributed by atoms with Crippen LogP contribution in [0.15, 0.2) is 52.4 Å². The molecule has 3 heteroatoms. The lowest BCUT2D eigenvalue weighted by atomic mass is 9.87. The van der Waals surface area contributed by atoms with Crippen molar-refractivity contribution >= 4 is 11.8 Å². The van der Waals surface area contributed by atoms with Gasteiger partial charge in [-0.3, -0.25) is 4.98 Å². The van der Waals surface area contributed by atoms with E-state index < -0.39 is 6.10 Å². The van der Waals surface area contributed by atoms with Gasteiger partial charge in [0, 0.05) is 16.0 Å². The summed E-state index contributed by atoms with van der Waals surface area (Å²) in [6, 6.07) is 12.6. The Kier molecular flexibility index (Phi) is 5.07. The highest BCUT2D eigenvalue weighted by Gasteiger charge is 2.13. The molecule has 1 atom stereocenters. The molecule has 0 amide bonds. The van der Waals surface area contributed by atoms with E-state index in [2.05, 4.69) is 50.0 Å². The van der Waals surface area contributed by atoms with Gasteiger partial charge in [0.25, 0.3) is 0 Å². The molecular formula is C18H23NOS. The summed E-state index contributed by atoms with van der Waals surface area (Å²) in [6.07, 6.45) is 2.06. The zero-order valence-corrected chi connectivity index (χ0v) is 13.9. The molecular weight excluding hydrogens is 278 g/mol. The molecule has 1 aromatic heterocycles. The van der Waals surface area contributed by atoms with E-state index in [1.54, 1.807) is 11.8 Å². The summed E-state index contributed by atoms with van der Waals surface area (Å²) in [6.45, 7) is 8.61. The van der Waals surface area contributed by atoms with Crippen LogP contribution < -0.4 is 0 Å². The van der Waals surface area contributed by atoms with Crippen molar-refractivity contribution in [1.29, 1.82) is 0 Å². The first-order valence-electron chi connectivity index (χ1n) is 7.32. The molecule has 2 aromatic rings. The SMILES string of the molecule is CC[C@H](O)c1ccc(Sc2ccc(C(C)(C)C)cc2)cn1. The lowest BCUT2D eigenvalue weighted by molar-refractivity contribution is 0.169. The van der Waals surface area contributed by atoms with Gasteiger partial charge in [-0.05, 0) is 41.7 Å². The smallest absolute Gasteiger partial charge is 0.0957 e. The van der Waals surface area contributed by atoms with E-state index in [9.17, 15) is 5.11 Å². The number of aliphatic hydroxyl groups is 1. The fraction of sp³-hybridized carbons (Fsp3) is 0.389. The Morgan fingerprint density at radius 2 is 1.67 bits per heavy atom. The molecule has 0 saturated heterocycles. The number of nitrogens with zero attached hydrogens (tertiary/aromatic N) is 1. The maximum Gasteiger partial charge on any atom is 0.0957 e. The predicted octanol–water partition coefficient (Wildman–Crippen LogP) is 4.97. The molecule has 0 radical (unpaired) electrons. The summed E-state index contributed by atoms with van der Waals surface area (Å²) in [5.41, 5.74) is 2.26. The van der Waals surface area contributed by atoms with Crippen molar-refractivity contribution in [1.82, 2.24) is 4.98 Å². The van der Waals surface area contributed by atoms with E-state index in [1.807, 2.05) is 25.3 Å². The minimum absolute atomic E-state index is 0.183. The number of aromatic nitrogens is 1. The number of benzene rings is 1. The molecule has 0 aliphatic rings. The van der Waals surface area contributed by atoms with Crippen LogP contribution in [0.25, 0.3) is 0 Å². The Labute approximate surface area is 131 Å². The van der Waals surface area contributed by atoms with Gasteiger partial charge >= 0.3 is 0 Å². The maximum atomic E-state index is 9.75. The van der Waals surface area contributed by atoms with Crippen LogP contribution in [0, 0.1) is 0 Å². The van der Waals surface area contributed by atoms with Gasteiger partial charge in [-0.25, -0.2) is 0 Å². The molecule has 112 valence electrons. The van der Waals surface area contributed by atoms with Crippen molar-refractivity contribution in [2.45, 2.75) is 55.4 Å². The predicted molar refractivity (Wildman–Crippen MR) is 88.8 cm³/mol. The van der Waals surface area contributed by atoms with Crippen LogP contribution in [-0.2, 0) is 5.41 Å². The van der Waals surface area contributed by atoms with Gasteiger partial charge in [0.2, 0.25) is 0 Å². The van der Waals surface area contributed by atoms with Crippen molar-refractivity contribution in [3.63, 3.8) is 0 Å². The van der Waals surface area contributed by atoms with E-state index >= 15 is 0 Å². The Hall–Kier alpha value is -1.32. The highest BCUT2D eigenvalue weighted by molar-refractivity contribution is 7.99. The minimum atomic E-state index is -0.463. The standard InChI is InChI=1S/C18H23NOS/c1-5-17(20)16-11-10-15(12-19-16)21-14-8-6-13(7-9-14)18(2,3)4/h6-12,17,20H,5H2,1-4H3/t17-/m0/s1. The monoisotopic (exact) mass is 301 g/mol. The summed E-state index contributed by atoms with van der Waals surface area (Å²) < 4.78 is 0. The highest BCUT2D eigenvalue weighted by Crippen LogP contribution is 2.30. The Morgan fingerprint density at radius 1 is 1.05 bits per heavy atom. The van der Waals surface area contributed by atoms with E-state index in [-0.39, 0.29) is 5.41 Å². The second-order valence-corrected chi connectivity index (χ2v) is 7.37. The van der Waals surface area contributed by atoms with Gasteiger partial charge in [0.05, 0.1) is 11.8 Å². The second-order valence-electron chi connectivity index (χ2n) is 6.22. The van der Waals surface area contributed by atoms with Crippen molar-refractivity contribution in [2.24, 2.45) is 0 Å². The summed E-state index contributed by atoms with van der Waals surface area (Å²) in [5.74, 6) is 0. The number of hydrogen-bond donors (Lipinski definition) is 1. The largest absolute Gasteiger partial charge is 0.387 e. The van der Waals surface area contributed by atoms with Gasteiger partial charge in [-0.2, -0.15) is 0 Å². The van der Waals surface area contributed by atoms with E-state index in [1.165, 1.54) is 10.5 Å². The van der Waals surface area contributed by atoms with Crippen LogP contribution in [0.2, 0.25) is 0 Å². The first kappa shape index (κ1) is 16.1. The van der Waals surface area contributed by atoms with Gasteiger partial charge in [-0.15, -0.1) is 0 Å². The van der Waals surface area contributed by atoms with Crippen LogP contribution in [-0.4, -0.2) is 10.1 Å². The Bertz CT molecular complexity index is 570. The Balaban J connectivity index is 2.08. The van der Waals surface area contributed by atoms with E-state index in [0.717, 1.165) is 10.6 Å². The average molecular weight is 301 g/mol. The lowest BCUT2D eigenvalue weighted by Crippen LogP contribution is -2.10. The van der Waals surface area contributed by atoms with Gasteiger partial charge in [0.15, 0.2) is 0 Å². The first-order chi connectivity index (χ1) is 9.90. The van der Waals surface area contributed by atoms with Crippen molar-refractivity contribution in [2.75, 3.05) is 0 Å². The van der Waals surface area contributed by atoms with Gasteiger partial charge in [-0.1, -0.05) is 51.6 Å². The third-order valence-electron chi connectivity index (χ3n) is 3.44. The van der Waals surface area contributed by atoms with Gasteiger partial charge < -0.3 is 5.11 Å². The molecule has 1 N–H and O–H groups in total. The normalized spacial score (nSPS) is 13.2. The molecule has 0 aliphatic carbocycles. The number of hydrogen-bond acceptors (Lipinski definition) is 3. The maximum absolute atomic E-state index is 9.75. The molecule has 0 saturated carbocycles.